The first-order valence-electron chi connectivity index (χ1n) is 12.7. The zero-order valence-corrected chi connectivity index (χ0v) is 22.4. The maximum atomic E-state index is 6.48. The largest absolute Gasteiger partial charge is 0.497 e. The number of nitrogens with zero attached hydrogens (tertiary/aromatic N) is 6. The molecule has 1 aliphatic heterocycles. The Kier molecular flexibility index (Phi) is 5.86. The van der Waals surface area contributed by atoms with Crippen molar-refractivity contribution in [3.63, 3.8) is 0 Å². The van der Waals surface area contributed by atoms with E-state index in [1.165, 1.54) is 0 Å². The van der Waals surface area contributed by atoms with E-state index in [1.54, 1.807) is 30.1 Å². The number of para-hydroxylation sites is 1. The fourth-order valence-electron chi connectivity index (χ4n) is 5.04. The quantitative estimate of drug-likeness (QED) is 0.245. The molecule has 0 amide bonds. The van der Waals surface area contributed by atoms with Crippen LogP contribution in [0.1, 0.15) is 34.1 Å². The molecule has 0 aliphatic carbocycles. The molecular formula is C30H23ClN6O3. The molecule has 7 rings (SSSR count). The van der Waals surface area contributed by atoms with Crippen molar-refractivity contribution >= 4 is 17.2 Å². The highest BCUT2D eigenvalue weighted by atomic mass is 35.5. The molecule has 198 valence electrons. The first-order chi connectivity index (χ1) is 19.6. The SMILES string of the molecule is COc1ccc(C2c3c(C)nn(-c4ccccc4)c3Oc3ncn4nc(COc5ccc(Cl)cc5)nc4c32)cc1. The van der Waals surface area contributed by atoms with Crippen LogP contribution in [-0.2, 0) is 6.61 Å². The number of rotatable bonds is 6. The topological polar surface area (TPSA) is 88.6 Å². The third-order valence-electron chi connectivity index (χ3n) is 6.90. The van der Waals surface area contributed by atoms with Crippen LogP contribution in [0.25, 0.3) is 11.3 Å². The number of fused-ring (bicyclic) bond motifs is 4. The van der Waals surface area contributed by atoms with Gasteiger partial charge < -0.3 is 14.2 Å². The van der Waals surface area contributed by atoms with Crippen LogP contribution in [0.4, 0.5) is 0 Å². The van der Waals surface area contributed by atoms with Crippen LogP contribution in [0.2, 0.25) is 5.02 Å². The molecule has 0 N–H and O–H groups in total. The molecule has 0 saturated carbocycles. The van der Waals surface area contributed by atoms with Gasteiger partial charge in [0.05, 0.1) is 35.5 Å². The van der Waals surface area contributed by atoms with Gasteiger partial charge >= 0.3 is 0 Å². The average Bonchev–Trinajstić information content (AvgIpc) is 3.57. The van der Waals surface area contributed by atoms with E-state index in [4.69, 9.17) is 35.9 Å². The van der Waals surface area contributed by atoms with Crippen LogP contribution >= 0.6 is 11.6 Å². The van der Waals surface area contributed by atoms with Gasteiger partial charge in [0.2, 0.25) is 11.8 Å². The molecule has 0 fully saturated rings. The standard InChI is InChI=1S/C30H23ClN6O3/c1-18-25-26(19-8-12-22(38-2)13-9-19)27-28-33-24(16-39-23-14-10-20(31)11-15-23)35-36(28)17-32-29(27)40-30(25)37(34-18)21-6-4-3-5-7-21/h3-15,17,26H,16H2,1-2H3. The fraction of sp³-hybridized carbons (Fsp3) is 0.133. The maximum absolute atomic E-state index is 6.48. The van der Waals surface area contributed by atoms with E-state index < -0.39 is 0 Å². The molecule has 3 aromatic carbocycles. The molecule has 1 aliphatic rings. The predicted molar refractivity (Wildman–Crippen MR) is 149 cm³/mol. The van der Waals surface area contributed by atoms with E-state index in [2.05, 4.69) is 10.1 Å². The van der Waals surface area contributed by atoms with Gasteiger partial charge in [-0.2, -0.15) is 5.10 Å². The molecule has 10 heteroatoms. The lowest BCUT2D eigenvalue weighted by atomic mass is 9.84. The van der Waals surface area contributed by atoms with Crippen LogP contribution < -0.4 is 14.2 Å². The van der Waals surface area contributed by atoms with Crippen molar-refractivity contribution in [3.8, 4) is 28.9 Å². The molecule has 0 bridgehead atoms. The Balaban J connectivity index is 1.36. The Morgan fingerprint density at radius 3 is 2.40 bits per heavy atom. The minimum atomic E-state index is -0.257. The highest BCUT2D eigenvalue weighted by Gasteiger charge is 2.38. The van der Waals surface area contributed by atoms with Crippen LogP contribution in [0, 0.1) is 6.92 Å². The van der Waals surface area contributed by atoms with Crippen molar-refractivity contribution in [2.45, 2.75) is 19.4 Å². The van der Waals surface area contributed by atoms with Gasteiger partial charge in [0.15, 0.2) is 11.5 Å². The third kappa shape index (κ3) is 4.11. The van der Waals surface area contributed by atoms with Gasteiger partial charge in [-0.1, -0.05) is 41.9 Å². The molecule has 0 saturated heterocycles. The van der Waals surface area contributed by atoms with E-state index in [0.717, 1.165) is 33.8 Å². The van der Waals surface area contributed by atoms with Crippen molar-refractivity contribution in [1.29, 1.82) is 0 Å². The van der Waals surface area contributed by atoms with Gasteiger partial charge in [0.25, 0.3) is 0 Å². The number of hydrogen-bond donors (Lipinski definition) is 0. The normalized spacial score (nSPS) is 13.9. The summed E-state index contributed by atoms with van der Waals surface area (Å²) in [6.07, 6.45) is 1.61. The van der Waals surface area contributed by atoms with Crippen LogP contribution in [0.15, 0.2) is 85.2 Å². The molecule has 0 spiro atoms. The average molecular weight is 551 g/mol. The van der Waals surface area contributed by atoms with Crippen molar-refractivity contribution in [2.24, 2.45) is 0 Å². The van der Waals surface area contributed by atoms with Crippen molar-refractivity contribution in [3.05, 3.63) is 118 Å². The van der Waals surface area contributed by atoms with Crippen molar-refractivity contribution in [1.82, 2.24) is 29.4 Å². The van der Waals surface area contributed by atoms with Gasteiger partial charge in [0.1, 0.15) is 24.4 Å². The Labute approximate surface area is 234 Å². The second-order valence-corrected chi connectivity index (χ2v) is 9.80. The molecule has 0 radical (unpaired) electrons. The minimum absolute atomic E-state index is 0.183. The van der Waals surface area contributed by atoms with Gasteiger partial charge in [-0.15, -0.1) is 5.10 Å². The third-order valence-corrected chi connectivity index (χ3v) is 7.15. The number of aryl methyl sites for hydroxylation is 1. The number of methoxy groups -OCH3 is 1. The second-order valence-electron chi connectivity index (χ2n) is 9.36. The predicted octanol–water partition coefficient (Wildman–Crippen LogP) is 6.15. The van der Waals surface area contributed by atoms with E-state index in [9.17, 15) is 0 Å². The van der Waals surface area contributed by atoms with Crippen LogP contribution in [-0.4, -0.2) is 36.5 Å². The summed E-state index contributed by atoms with van der Waals surface area (Å²) in [6, 6.07) is 25.1. The van der Waals surface area contributed by atoms with E-state index in [0.29, 0.717) is 34.0 Å². The first-order valence-corrected chi connectivity index (χ1v) is 13.1. The Morgan fingerprint density at radius 1 is 0.900 bits per heavy atom. The smallest absolute Gasteiger partial charge is 0.230 e. The zero-order chi connectivity index (χ0) is 27.2. The highest BCUT2D eigenvalue weighted by molar-refractivity contribution is 6.30. The fourth-order valence-corrected chi connectivity index (χ4v) is 5.16. The monoisotopic (exact) mass is 550 g/mol. The first kappa shape index (κ1) is 24.2. The summed E-state index contributed by atoms with van der Waals surface area (Å²) in [5, 5.41) is 10.2. The molecule has 1 unspecified atom stereocenters. The summed E-state index contributed by atoms with van der Waals surface area (Å²) in [7, 11) is 1.65. The van der Waals surface area contributed by atoms with Gasteiger partial charge in [-0.25, -0.2) is 19.2 Å². The van der Waals surface area contributed by atoms with Crippen molar-refractivity contribution in [2.75, 3.05) is 7.11 Å². The molecule has 1 atom stereocenters. The molecule has 9 nitrogen and oxygen atoms in total. The summed E-state index contributed by atoms with van der Waals surface area (Å²) in [5.74, 6) is 2.79. The summed E-state index contributed by atoms with van der Waals surface area (Å²) < 4.78 is 21.3. The highest BCUT2D eigenvalue weighted by Crippen LogP contribution is 2.49. The Morgan fingerprint density at radius 2 is 1.65 bits per heavy atom. The lowest BCUT2D eigenvalue weighted by Gasteiger charge is -2.26. The van der Waals surface area contributed by atoms with Gasteiger partial charge in [-0.3, -0.25) is 0 Å². The molecule has 3 aromatic heterocycles. The number of benzene rings is 3. The Hall–Kier alpha value is -4.89. The van der Waals surface area contributed by atoms with E-state index in [-0.39, 0.29) is 12.5 Å². The summed E-state index contributed by atoms with van der Waals surface area (Å²) in [6.45, 7) is 2.17. The number of ether oxygens (including phenoxy) is 3. The van der Waals surface area contributed by atoms with Gasteiger partial charge in [-0.05, 0) is 61.0 Å². The van der Waals surface area contributed by atoms with Crippen LogP contribution in [0.3, 0.4) is 0 Å². The zero-order valence-electron chi connectivity index (χ0n) is 21.7. The lowest BCUT2D eigenvalue weighted by molar-refractivity contribution is 0.296. The minimum Gasteiger partial charge on any atom is -0.497 e. The number of aromatic nitrogens is 6. The molecule has 4 heterocycles. The summed E-state index contributed by atoms with van der Waals surface area (Å²) >= 11 is 6.00. The second kappa shape index (κ2) is 9.69. The molecular weight excluding hydrogens is 528 g/mol. The summed E-state index contributed by atoms with van der Waals surface area (Å²) in [5.41, 5.74) is 5.16. The van der Waals surface area contributed by atoms with Crippen molar-refractivity contribution < 1.29 is 14.2 Å². The van der Waals surface area contributed by atoms with E-state index in [1.807, 2.05) is 78.3 Å². The van der Waals surface area contributed by atoms with Gasteiger partial charge in [0, 0.05) is 5.02 Å². The lowest BCUT2D eigenvalue weighted by Crippen LogP contribution is -2.16. The van der Waals surface area contributed by atoms with E-state index >= 15 is 0 Å². The maximum Gasteiger partial charge on any atom is 0.230 e. The summed E-state index contributed by atoms with van der Waals surface area (Å²) in [4.78, 5) is 9.52. The Bertz CT molecular complexity index is 1830. The molecule has 40 heavy (non-hydrogen) atoms. The van der Waals surface area contributed by atoms with Crippen LogP contribution in [0.5, 0.6) is 23.3 Å². The number of hydrogen-bond acceptors (Lipinski definition) is 7. The number of halogens is 1. The molecule has 6 aromatic rings.